The van der Waals surface area contributed by atoms with E-state index in [-0.39, 0.29) is 28.2 Å². The predicted octanol–water partition coefficient (Wildman–Crippen LogP) is 9.68. The lowest BCUT2D eigenvalue weighted by atomic mass is 9.87. The van der Waals surface area contributed by atoms with Gasteiger partial charge in [0.1, 0.15) is 11.6 Å². The molecule has 1 atom stereocenters. The van der Waals surface area contributed by atoms with E-state index in [2.05, 4.69) is 52.3 Å². The van der Waals surface area contributed by atoms with E-state index in [4.69, 9.17) is 17.0 Å². The van der Waals surface area contributed by atoms with Crippen LogP contribution in [0.2, 0.25) is 0 Å². The summed E-state index contributed by atoms with van der Waals surface area (Å²) in [6, 6.07) is 21.9. The fraction of sp³-hybridized carbons (Fsp3) is 0.457. The SMILES string of the molecule is CC(C)(C)OC(=O)N[C@@H](Cc1c[nH]c2ccccc12)C(=O)NCCCCCCCCCCCC(=O)Nc1ccc(NC(=S)NC(=O)c2ccc(C(C)(C)C)cc2)cc1. The highest BCUT2D eigenvalue weighted by Gasteiger charge is 2.25. The number of thiocarbonyl (C=S) groups is 1. The number of hydrogen-bond donors (Lipinski definition) is 6. The lowest BCUT2D eigenvalue weighted by Crippen LogP contribution is -2.49. The van der Waals surface area contributed by atoms with Gasteiger partial charge in [-0.25, -0.2) is 4.79 Å². The van der Waals surface area contributed by atoms with Crippen molar-refractivity contribution in [3.63, 3.8) is 0 Å². The molecule has 58 heavy (non-hydrogen) atoms. The van der Waals surface area contributed by atoms with Crippen LogP contribution in [-0.2, 0) is 26.2 Å². The Kier molecular flexibility index (Phi) is 17.3. The first-order chi connectivity index (χ1) is 27.6. The van der Waals surface area contributed by atoms with Crippen molar-refractivity contribution in [2.75, 3.05) is 17.2 Å². The van der Waals surface area contributed by atoms with Crippen molar-refractivity contribution in [1.82, 2.24) is 20.9 Å². The molecule has 4 amide bonds. The number of unbranched alkanes of at least 4 members (excludes halogenated alkanes) is 8. The van der Waals surface area contributed by atoms with Gasteiger partial charge in [-0.1, -0.05) is 96.0 Å². The fourth-order valence-electron chi connectivity index (χ4n) is 6.48. The van der Waals surface area contributed by atoms with Crippen molar-refractivity contribution >= 4 is 63.4 Å². The number of aromatic amines is 1. The molecule has 1 aromatic heterocycles. The van der Waals surface area contributed by atoms with Crippen LogP contribution in [0.5, 0.6) is 0 Å². The molecular weight excluding hydrogens is 749 g/mol. The predicted molar refractivity (Wildman–Crippen MR) is 238 cm³/mol. The minimum absolute atomic E-state index is 0.00647. The van der Waals surface area contributed by atoms with Crippen LogP contribution in [0, 0.1) is 0 Å². The van der Waals surface area contributed by atoms with E-state index in [9.17, 15) is 19.2 Å². The second-order valence-electron chi connectivity index (χ2n) is 16.8. The summed E-state index contributed by atoms with van der Waals surface area (Å²) < 4.78 is 5.44. The summed E-state index contributed by atoms with van der Waals surface area (Å²) in [6.07, 6.45) is 11.4. The van der Waals surface area contributed by atoms with E-state index in [0.717, 1.165) is 79.8 Å². The van der Waals surface area contributed by atoms with Gasteiger partial charge in [-0.3, -0.25) is 19.7 Å². The molecule has 4 rings (SSSR count). The quantitative estimate of drug-likeness (QED) is 0.0407. The Labute approximate surface area is 349 Å². The Morgan fingerprint density at radius 2 is 1.31 bits per heavy atom. The minimum atomic E-state index is -0.759. The number of anilines is 2. The number of fused-ring (bicyclic) bond motifs is 1. The molecule has 0 spiro atoms. The van der Waals surface area contributed by atoms with Crippen molar-refractivity contribution in [1.29, 1.82) is 0 Å². The molecule has 0 fully saturated rings. The number of para-hydroxylation sites is 1. The van der Waals surface area contributed by atoms with E-state index in [1.54, 1.807) is 57.2 Å². The number of carbonyl (C=O) groups is 4. The van der Waals surface area contributed by atoms with Gasteiger partial charge < -0.3 is 31.0 Å². The summed E-state index contributed by atoms with van der Waals surface area (Å²) in [5.41, 5.74) is 4.36. The minimum Gasteiger partial charge on any atom is -0.444 e. The number of carbonyl (C=O) groups excluding carboxylic acids is 4. The Morgan fingerprint density at radius 3 is 1.93 bits per heavy atom. The fourth-order valence-corrected chi connectivity index (χ4v) is 6.69. The lowest BCUT2D eigenvalue weighted by molar-refractivity contribution is -0.123. The van der Waals surface area contributed by atoms with Crippen molar-refractivity contribution in [2.24, 2.45) is 0 Å². The Hall–Kier alpha value is -5.23. The zero-order valence-electron chi connectivity index (χ0n) is 35.0. The highest BCUT2D eigenvalue weighted by atomic mass is 32.1. The van der Waals surface area contributed by atoms with Crippen LogP contribution in [0.15, 0.2) is 79.0 Å². The van der Waals surface area contributed by atoms with Crippen molar-refractivity contribution in [3.05, 3.63) is 95.7 Å². The second-order valence-corrected chi connectivity index (χ2v) is 17.3. The highest BCUT2D eigenvalue weighted by Crippen LogP contribution is 2.23. The van der Waals surface area contributed by atoms with Gasteiger partial charge >= 0.3 is 6.09 Å². The summed E-state index contributed by atoms with van der Waals surface area (Å²) >= 11 is 5.33. The average Bonchev–Trinajstić information content (AvgIpc) is 3.57. The van der Waals surface area contributed by atoms with Crippen LogP contribution < -0.4 is 26.6 Å². The number of ether oxygens (including phenoxy) is 1. The van der Waals surface area contributed by atoms with Gasteiger partial charge in [0.2, 0.25) is 11.8 Å². The zero-order valence-corrected chi connectivity index (χ0v) is 35.8. The van der Waals surface area contributed by atoms with Crippen molar-refractivity contribution in [3.8, 4) is 0 Å². The van der Waals surface area contributed by atoms with E-state index in [1.807, 2.05) is 42.6 Å². The van der Waals surface area contributed by atoms with Crippen LogP contribution in [0.3, 0.4) is 0 Å². The standard InChI is InChI=1S/C46H62N6O5S/c1-45(2,3)34-23-21-32(22-24-34)41(54)52-43(58)50-36-27-25-35(26-28-36)49-40(53)20-14-12-10-8-7-9-11-13-17-29-47-42(55)39(51-44(56)57-46(4,5)6)30-33-31-48-38-19-16-15-18-37(33)38/h15-16,18-19,21-28,31,39,48H,7-14,17,20,29-30H2,1-6H3,(H,47,55)(H,49,53)(H,51,56)(H2,50,52,54,58)/t39-/m0/s1. The Morgan fingerprint density at radius 1 is 0.724 bits per heavy atom. The molecule has 0 saturated carbocycles. The molecule has 4 aromatic rings. The smallest absolute Gasteiger partial charge is 0.408 e. The van der Waals surface area contributed by atoms with Gasteiger partial charge in [0, 0.05) is 53.4 Å². The molecule has 12 heteroatoms. The summed E-state index contributed by atoms with van der Waals surface area (Å²) in [6.45, 7) is 12.3. The van der Waals surface area contributed by atoms with Gasteiger partial charge in [-0.05, 0) is 105 Å². The number of H-pyrrole nitrogens is 1. The van der Waals surface area contributed by atoms with Gasteiger partial charge in [-0.15, -0.1) is 0 Å². The van der Waals surface area contributed by atoms with Crippen LogP contribution in [0.1, 0.15) is 127 Å². The third-order valence-electron chi connectivity index (χ3n) is 9.65. The summed E-state index contributed by atoms with van der Waals surface area (Å²) in [7, 11) is 0. The number of nitrogens with one attached hydrogen (secondary N) is 6. The zero-order chi connectivity index (χ0) is 42.1. The first kappa shape index (κ1) is 45.5. The number of alkyl carbamates (subject to hydrolysis) is 1. The normalized spacial score (nSPS) is 12.0. The maximum atomic E-state index is 13.2. The van der Waals surface area contributed by atoms with Crippen molar-refractivity contribution < 1.29 is 23.9 Å². The average molecular weight is 811 g/mol. The molecule has 312 valence electrons. The maximum Gasteiger partial charge on any atom is 0.408 e. The number of hydrogen-bond acceptors (Lipinski definition) is 6. The topological polar surface area (TPSA) is 153 Å². The van der Waals surface area contributed by atoms with E-state index < -0.39 is 17.7 Å². The molecule has 0 unspecified atom stereocenters. The molecule has 0 aliphatic rings. The molecule has 6 N–H and O–H groups in total. The van der Waals surface area contributed by atoms with Crippen molar-refractivity contribution in [2.45, 2.75) is 129 Å². The highest BCUT2D eigenvalue weighted by molar-refractivity contribution is 7.80. The second kappa shape index (κ2) is 22.1. The van der Waals surface area contributed by atoms with Gasteiger partial charge in [-0.2, -0.15) is 0 Å². The van der Waals surface area contributed by atoms with Crippen LogP contribution >= 0.6 is 12.2 Å². The summed E-state index contributed by atoms with van der Waals surface area (Å²) in [4.78, 5) is 54.2. The summed E-state index contributed by atoms with van der Waals surface area (Å²) in [5, 5.41) is 15.7. The van der Waals surface area contributed by atoms with E-state index in [1.165, 1.54) is 0 Å². The molecule has 0 aliphatic carbocycles. The van der Waals surface area contributed by atoms with Gasteiger partial charge in [0.05, 0.1) is 0 Å². The molecule has 3 aromatic carbocycles. The molecule has 11 nitrogen and oxygen atoms in total. The maximum absolute atomic E-state index is 13.2. The first-order valence-corrected chi connectivity index (χ1v) is 20.9. The molecular formula is C46H62N6O5S. The lowest BCUT2D eigenvalue weighted by Gasteiger charge is -2.23. The Bertz CT molecular complexity index is 1960. The molecule has 0 aliphatic heterocycles. The van der Waals surface area contributed by atoms with Gasteiger partial charge in [0.25, 0.3) is 5.91 Å². The number of benzene rings is 3. The number of amides is 4. The molecule has 0 saturated heterocycles. The molecule has 0 radical (unpaired) electrons. The van der Waals surface area contributed by atoms with Crippen LogP contribution in [-0.4, -0.2) is 52.1 Å². The third-order valence-corrected chi connectivity index (χ3v) is 9.86. The number of aromatic nitrogens is 1. The molecule has 1 heterocycles. The van der Waals surface area contributed by atoms with E-state index in [0.29, 0.717) is 36.3 Å². The van der Waals surface area contributed by atoms with Crippen LogP contribution in [0.4, 0.5) is 16.2 Å². The van der Waals surface area contributed by atoms with E-state index >= 15 is 0 Å². The Balaban J connectivity index is 1.03. The molecule has 0 bridgehead atoms. The van der Waals surface area contributed by atoms with Gasteiger partial charge in [0.15, 0.2) is 5.11 Å². The largest absolute Gasteiger partial charge is 0.444 e. The summed E-state index contributed by atoms with van der Waals surface area (Å²) in [5.74, 6) is -0.520. The number of rotatable bonds is 19. The van der Waals surface area contributed by atoms with Crippen LogP contribution in [0.25, 0.3) is 10.9 Å². The first-order valence-electron chi connectivity index (χ1n) is 20.5. The third kappa shape index (κ3) is 16.0. The monoisotopic (exact) mass is 810 g/mol.